The normalized spacial score (nSPS) is 16.7. The average molecular weight is 401 g/mol. The number of halogens is 1. The van der Waals surface area contributed by atoms with Gasteiger partial charge in [0.05, 0.1) is 10.6 Å². The molecule has 0 saturated carbocycles. The van der Waals surface area contributed by atoms with Crippen molar-refractivity contribution in [2.24, 2.45) is 0 Å². The summed E-state index contributed by atoms with van der Waals surface area (Å²) in [6.45, 7) is 1.89. The highest BCUT2D eigenvalue weighted by molar-refractivity contribution is 7.91. The highest BCUT2D eigenvalue weighted by Crippen LogP contribution is 2.45. The molecule has 0 spiro atoms. The molecule has 1 aliphatic heterocycles. The third kappa shape index (κ3) is 3.17. The first-order chi connectivity index (χ1) is 12.9. The fourth-order valence-electron chi connectivity index (χ4n) is 3.21. The van der Waals surface area contributed by atoms with E-state index in [0.717, 1.165) is 16.0 Å². The molecule has 0 saturated heterocycles. The molecule has 4 rings (SSSR count). The van der Waals surface area contributed by atoms with Crippen molar-refractivity contribution >= 4 is 32.8 Å². The first kappa shape index (κ1) is 17.9. The molecular formula is C20H16FNO3S2. The van der Waals surface area contributed by atoms with E-state index >= 15 is 0 Å². The van der Waals surface area contributed by atoms with E-state index < -0.39 is 9.84 Å². The van der Waals surface area contributed by atoms with Gasteiger partial charge < -0.3 is 5.32 Å². The van der Waals surface area contributed by atoms with E-state index in [0.29, 0.717) is 5.69 Å². The minimum Gasteiger partial charge on any atom is -0.324 e. The summed E-state index contributed by atoms with van der Waals surface area (Å²) in [6.07, 6.45) is 0.198. The predicted octanol–water partition coefficient (Wildman–Crippen LogP) is 4.50. The van der Waals surface area contributed by atoms with Gasteiger partial charge in [0.25, 0.3) is 0 Å². The molecule has 1 amide bonds. The van der Waals surface area contributed by atoms with Crippen LogP contribution in [0, 0.1) is 12.7 Å². The Labute approximate surface area is 160 Å². The number of aryl methyl sites for hydroxylation is 1. The monoisotopic (exact) mass is 401 g/mol. The summed E-state index contributed by atoms with van der Waals surface area (Å²) in [4.78, 5) is 13.3. The molecule has 138 valence electrons. The van der Waals surface area contributed by atoms with Crippen LogP contribution in [0.3, 0.4) is 0 Å². The molecule has 4 nitrogen and oxygen atoms in total. The minimum atomic E-state index is -3.75. The summed E-state index contributed by atoms with van der Waals surface area (Å²) in [5, 5.41) is 4.30. The molecule has 27 heavy (non-hydrogen) atoms. The number of amides is 1. The van der Waals surface area contributed by atoms with Crippen LogP contribution in [0.5, 0.6) is 0 Å². The Bertz CT molecular complexity index is 1120. The Morgan fingerprint density at radius 1 is 1.07 bits per heavy atom. The van der Waals surface area contributed by atoms with Crippen LogP contribution in [0.1, 0.15) is 28.3 Å². The maximum absolute atomic E-state index is 13.2. The highest BCUT2D eigenvalue weighted by atomic mass is 32.2. The van der Waals surface area contributed by atoms with E-state index in [4.69, 9.17) is 0 Å². The van der Waals surface area contributed by atoms with Crippen LogP contribution in [0.4, 0.5) is 10.1 Å². The third-order valence-electron chi connectivity index (χ3n) is 4.65. The van der Waals surface area contributed by atoms with Gasteiger partial charge in [0.1, 0.15) is 10.7 Å². The lowest BCUT2D eigenvalue weighted by Gasteiger charge is -2.23. The zero-order valence-corrected chi connectivity index (χ0v) is 16.0. The molecule has 0 fully saturated rings. The number of benzene rings is 2. The summed E-state index contributed by atoms with van der Waals surface area (Å²) in [7, 11) is -3.75. The topological polar surface area (TPSA) is 63.2 Å². The van der Waals surface area contributed by atoms with Crippen LogP contribution in [0.25, 0.3) is 0 Å². The van der Waals surface area contributed by atoms with E-state index in [1.165, 1.54) is 23.5 Å². The molecule has 7 heteroatoms. The van der Waals surface area contributed by atoms with Crippen molar-refractivity contribution in [1.29, 1.82) is 0 Å². The van der Waals surface area contributed by atoms with Crippen molar-refractivity contribution in [2.75, 3.05) is 5.32 Å². The fraction of sp³-hybridized carbons (Fsp3) is 0.150. The standard InChI is InChI=1S/C20H16FNO3S2/c1-12-2-8-15(9-3-12)27(24,25)17-11-26-20-16(10-18(23)22-19(17)20)13-4-6-14(21)7-5-13/h2-9,11,16H,10H2,1H3,(H,22,23)/t16-/m1/s1. The minimum absolute atomic E-state index is 0.103. The SMILES string of the molecule is Cc1ccc(S(=O)(=O)c2csc3c2NC(=O)C[C@@H]3c2ccc(F)cc2)cc1. The molecule has 1 atom stereocenters. The average Bonchev–Trinajstić information content (AvgIpc) is 3.06. The van der Waals surface area contributed by atoms with Gasteiger partial charge in [-0.05, 0) is 36.8 Å². The molecule has 2 aromatic carbocycles. The second-order valence-corrected chi connectivity index (χ2v) is 9.34. The van der Waals surface area contributed by atoms with Gasteiger partial charge in [-0.1, -0.05) is 29.8 Å². The van der Waals surface area contributed by atoms with Crippen LogP contribution >= 0.6 is 11.3 Å². The smallest absolute Gasteiger partial charge is 0.225 e. The number of anilines is 1. The van der Waals surface area contributed by atoms with Crippen molar-refractivity contribution in [3.05, 3.63) is 75.7 Å². The number of carbonyl (C=O) groups is 1. The Kier molecular flexibility index (Phi) is 4.36. The lowest BCUT2D eigenvalue weighted by atomic mass is 9.91. The second kappa shape index (κ2) is 6.58. The zero-order valence-electron chi connectivity index (χ0n) is 14.4. The number of rotatable bonds is 3. The largest absolute Gasteiger partial charge is 0.324 e. The van der Waals surface area contributed by atoms with E-state index in [-0.39, 0.29) is 33.9 Å². The number of hydrogen-bond donors (Lipinski definition) is 1. The van der Waals surface area contributed by atoms with Gasteiger partial charge in [-0.3, -0.25) is 4.79 Å². The van der Waals surface area contributed by atoms with Crippen molar-refractivity contribution in [2.45, 2.75) is 29.1 Å². The summed E-state index contributed by atoms with van der Waals surface area (Å²) in [6, 6.07) is 12.6. The Morgan fingerprint density at radius 3 is 2.41 bits per heavy atom. The summed E-state index contributed by atoms with van der Waals surface area (Å²) < 4.78 is 39.4. The van der Waals surface area contributed by atoms with E-state index in [1.807, 2.05) is 6.92 Å². The molecule has 1 aliphatic rings. The summed E-state index contributed by atoms with van der Waals surface area (Å²) in [5.74, 6) is -0.898. The van der Waals surface area contributed by atoms with Crippen LogP contribution in [0.15, 0.2) is 63.7 Å². The quantitative estimate of drug-likeness (QED) is 0.703. The summed E-state index contributed by atoms with van der Waals surface area (Å²) >= 11 is 1.30. The molecule has 2 heterocycles. The second-order valence-electron chi connectivity index (χ2n) is 6.51. The molecular weight excluding hydrogens is 385 g/mol. The maximum atomic E-state index is 13.2. The lowest BCUT2D eigenvalue weighted by molar-refractivity contribution is -0.116. The predicted molar refractivity (Wildman–Crippen MR) is 102 cm³/mol. The molecule has 1 N–H and O–H groups in total. The van der Waals surface area contributed by atoms with Gasteiger partial charge in [-0.15, -0.1) is 11.3 Å². The lowest BCUT2D eigenvalue weighted by Crippen LogP contribution is -2.23. The number of sulfone groups is 1. The van der Waals surface area contributed by atoms with Gasteiger partial charge in [0, 0.05) is 22.6 Å². The number of nitrogens with one attached hydrogen (secondary N) is 1. The van der Waals surface area contributed by atoms with Crippen LogP contribution in [-0.2, 0) is 14.6 Å². The summed E-state index contributed by atoms with van der Waals surface area (Å²) in [5.41, 5.74) is 2.09. The van der Waals surface area contributed by atoms with E-state index in [1.54, 1.807) is 41.8 Å². The van der Waals surface area contributed by atoms with Crippen LogP contribution in [-0.4, -0.2) is 14.3 Å². The van der Waals surface area contributed by atoms with Gasteiger partial charge in [-0.2, -0.15) is 0 Å². The van der Waals surface area contributed by atoms with Crippen molar-refractivity contribution in [1.82, 2.24) is 0 Å². The van der Waals surface area contributed by atoms with Crippen molar-refractivity contribution in [3.8, 4) is 0 Å². The zero-order chi connectivity index (χ0) is 19.2. The highest BCUT2D eigenvalue weighted by Gasteiger charge is 2.34. The maximum Gasteiger partial charge on any atom is 0.225 e. The van der Waals surface area contributed by atoms with Crippen LogP contribution in [0.2, 0.25) is 0 Å². The van der Waals surface area contributed by atoms with E-state index in [9.17, 15) is 17.6 Å². The van der Waals surface area contributed by atoms with Gasteiger partial charge in [0.2, 0.25) is 15.7 Å². The number of fused-ring (bicyclic) bond motifs is 1. The van der Waals surface area contributed by atoms with Crippen molar-refractivity contribution < 1.29 is 17.6 Å². The van der Waals surface area contributed by atoms with Crippen molar-refractivity contribution in [3.63, 3.8) is 0 Å². The van der Waals surface area contributed by atoms with Gasteiger partial charge in [-0.25, -0.2) is 12.8 Å². The van der Waals surface area contributed by atoms with Gasteiger partial charge >= 0.3 is 0 Å². The first-order valence-corrected chi connectivity index (χ1v) is 10.7. The Hall–Kier alpha value is -2.51. The van der Waals surface area contributed by atoms with Crippen LogP contribution < -0.4 is 5.32 Å². The molecule has 0 bridgehead atoms. The third-order valence-corrected chi connectivity index (χ3v) is 7.69. The molecule has 0 radical (unpaired) electrons. The molecule has 0 aliphatic carbocycles. The molecule has 3 aromatic rings. The van der Waals surface area contributed by atoms with Gasteiger partial charge in [0.15, 0.2) is 0 Å². The fourth-order valence-corrected chi connectivity index (χ4v) is 6.12. The van der Waals surface area contributed by atoms with E-state index in [2.05, 4.69) is 5.32 Å². The number of carbonyl (C=O) groups excluding carboxylic acids is 1. The Morgan fingerprint density at radius 2 is 1.74 bits per heavy atom. The molecule has 1 aromatic heterocycles. The first-order valence-electron chi connectivity index (χ1n) is 8.35. The number of hydrogen-bond acceptors (Lipinski definition) is 4. The number of thiophene rings is 1. The Balaban J connectivity index is 1.82. The molecule has 0 unspecified atom stereocenters.